The van der Waals surface area contributed by atoms with E-state index in [1.54, 1.807) is 0 Å². The molecule has 0 aromatic rings. The number of nitrogens with zero attached hydrogens (tertiary/aromatic N) is 13. The first kappa shape index (κ1) is 51.5. The number of aliphatic imine (C=N–C) groups is 6. The van der Waals surface area contributed by atoms with Gasteiger partial charge in [-0.15, -0.1) is 0 Å². The predicted octanol–water partition coefficient (Wildman–Crippen LogP) is 9.83. The lowest BCUT2D eigenvalue weighted by Gasteiger charge is -2.30. The molecule has 10 rings (SSSR count). The fourth-order valence-electron chi connectivity index (χ4n) is 9.00. The number of hydrogen-bond donors (Lipinski definition) is 0. The Morgan fingerprint density at radius 2 is 0.939 bits per heavy atom. The summed E-state index contributed by atoms with van der Waals surface area (Å²) in [5, 5.41) is 12.9. The van der Waals surface area contributed by atoms with Crippen molar-refractivity contribution in [1.29, 1.82) is 0 Å². The summed E-state index contributed by atoms with van der Waals surface area (Å²) >= 11 is 0. The number of hydrogen-bond acceptors (Lipinski definition) is 13. The summed E-state index contributed by atoms with van der Waals surface area (Å²) in [5.74, 6) is 1.75. The molecule has 10 heterocycles. The van der Waals surface area contributed by atoms with Gasteiger partial charge >= 0.3 is 0 Å². The first-order valence-electron chi connectivity index (χ1n) is 23.9. The highest BCUT2D eigenvalue weighted by atomic mass is 15.5. The zero-order chi connectivity index (χ0) is 47.1. The van der Waals surface area contributed by atoms with Crippen LogP contribution in [0, 0.1) is 23.7 Å². The Balaban J connectivity index is 0.000000154. The van der Waals surface area contributed by atoms with Crippen molar-refractivity contribution in [1.82, 2.24) is 24.7 Å². The summed E-state index contributed by atoms with van der Waals surface area (Å²) in [6, 6.07) is 2.64. The van der Waals surface area contributed by atoms with Crippen molar-refractivity contribution < 1.29 is 0 Å². The molecule has 0 aromatic heterocycles. The lowest BCUT2D eigenvalue weighted by molar-refractivity contribution is 0.173. The van der Waals surface area contributed by atoms with Crippen LogP contribution in [0.5, 0.6) is 0 Å². The maximum absolute atomic E-state index is 4.68. The minimum Gasteiger partial charge on any atom is -0.353 e. The van der Waals surface area contributed by atoms with Gasteiger partial charge in [-0.1, -0.05) is 50.0 Å². The molecule has 10 aliphatic rings. The Morgan fingerprint density at radius 3 is 1.52 bits per heavy atom. The Bertz CT molecular complexity index is 1990. The molecule has 0 aliphatic carbocycles. The molecule has 13 heteroatoms. The van der Waals surface area contributed by atoms with E-state index in [2.05, 4.69) is 224 Å². The monoisotopic (exact) mass is 900 g/mol. The van der Waals surface area contributed by atoms with Gasteiger partial charge in [0, 0.05) is 85.0 Å². The number of allylic oxidation sites excluding steroid dienone is 5. The Morgan fingerprint density at radius 1 is 0.455 bits per heavy atom. The lowest BCUT2D eigenvalue weighted by Crippen LogP contribution is -2.40. The highest BCUT2D eigenvalue weighted by Gasteiger charge is 2.35. The summed E-state index contributed by atoms with van der Waals surface area (Å²) in [5.41, 5.74) is 6.14. The van der Waals surface area contributed by atoms with E-state index in [-0.39, 0.29) is 32.0 Å². The van der Waals surface area contributed by atoms with Crippen LogP contribution in [0.1, 0.15) is 111 Å². The zero-order valence-corrected chi connectivity index (χ0v) is 41.8. The molecule has 0 saturated carbocycles. The Hall–Kier alpha value is -5.46. The number of rotatable bonds is 5. The second kappa shape index (κ2) is 22.8. The third kappa shape index (κ3) is 12.3. The molecular formula is C53H81N13. The van der Waals surface area contributed by atoms with Gasteiger partial charge in [-0.25, -0.2) is 0 Å². The van der Waals surface area contributed by atoms with Gasteiger partial charge in [0.05, 0.1) is 18.2 Å². The molecule has 0 aromatic carbocycles. The van der Waals surface area contributed by atoms with Crippen LogP contribution in [0.25, 0.3) is 0 Å². The van der Waals surface area contributed by atoms with E-state index < -0.39 is 0 Å². The average molecular weight is 900 g/mol. The van der Waals surface area contributed by atoms with Crippen LogP contribution in [0.15, 0.2) is 123 Å². The van der Waals surface area contributed by atoms with Crippen LogP contribution < -0.4 is 0 Å². The zero-order valence-electron chi connectivity index (χ0n) is 41.8. The minimum absolute atomic E-state index is 0. The van der Waals surface area contributed by atoms with Gasteiger partial charge in [0.1, 0.15) is 36.9 Å². The molecule has 0 bridgehead atoms. The van der Waals surface area contributed by atoms with E-state index in [0.29, 0.717) is 66.2 Å². The first-order chi connectivity index (χ1) is 30.9. The molecule has 0 radical (unpaired) electrons. The lowest BCUT2D eigenvalue weighted by atomic mass is 9.99. The van der Waals surface area contributed by atoms with E-state index in [1.165, 1.54) is 22.3 Å². The van der Waals surface area contributed by atoms with Crippen molar-refractivity contribution in [2.45, 2.75) is 178 Å². The van der Waals surface area contributed by atoms with Gasteiger partial charge in [0.25, 0.3) is 0 Å². The fourth-order valence-corrected chi connectivity index (χ4v) is 9.00. The van der Waals surface area contributed by atoms with E-state index in [1.807, 2.05) is 49.7 Å². The molecule has 0 fully saturated rings. The van der Waals surface area contributed by atoms with Gasteiger partial charge in [-0.3, -0.25) is 40.0 Å². The van der Waals surface area contributed by atoms with Crippen molar-refractivity contribution >= 4 is 49.3 Å². The van der Waals surface area contributed by atoms with Gasteiger partial charge in [-0.05, 0) is 145 Å². The SMILES string of the molecule is C.CC(C)N1C=CC2C=CC=NC21.CC1=CC2C=CN(C(C)C)C2N=C1.CC1=CC2C=NN(C(C)C)C2N=C1.CC1=CC2C=NN(C(C)C)C2N=C1C.CC1=CC2N=CN(C(C)C)C2N=C1. The van der Waals surface area contributed by atoms with E-state index in [9.17, 15) is 0 Å². The topological polar surface area (TPSA) is 115 Å². The maximum Gasteiger partial charge on any atom is 0.148 e. The van der Waals surface area contributed by atoms with Crippen molar-refractivity contribution in [2.24, 2.45) is 63.8 Å². The van der Waals surface area contributed by atoms with E-state index >= 15 is 0 Å². The van der Waals surface area contributed by atoms with Crippen molar-refractivity contribution in [3.63, 3.8) is 0 Å². The van der Waals surface area contributed by atoms with Crippen molar-refractivity contribution in [3.8, 4) is 0 Å². The molecule has 0 saturated heterocycles. The average Bonchev–Trinajstić information content (AvgIpc) is 4.11. The van der Waals surface area contributed by atoms with Crippen LogP contribution >= 0.6 is 0 Å². The number of dihydropyridines is 5. The molecule has 0 N–H and O–H groups in total. The summed E-state index contributed by atoms with van der Waals surface area (Å²) in [6.07, 6.45) is 36.9. The third-order valence-corrected chi connectivity index (χ3v) is 12.7. The highest BCUT2D eigenvalue weighted by Crippen LogP contribution is 2.31. The Kier molecular flexibility index (Phi) is 17.8. The normalized spacial score (nSPS) is 30.6. The van der Waals surface area contributed by atoms with Gasteiger partial charge in [-0.2, -0.15) is 10.2 Å². The molecule has 0 amide bonds. The fraction of sp³-hybridized carbons (Fsp3) is 0.585. The highest BCUT2D eigenvalue weighted by molar-refractivity contribution is 5.99. The second-order valence-corrected chi connectivity index (χ2v) is 19.7. The molecule has 13 nitrogen and oxygen atoms in total. The molecule has 66 heavy (non-hydrogen) atoms. The standard InChI is InChI=1S/C11H17N3.C11H16N2.2C10H15N3.C10H14N2.CH4/c1-7(2)14-11-10(6-12-14)5-8(3)9(4)13-11;1-8(2)13-5-4-10-6-9(3)7-12-11(10)13;1-7(2)13-6-12-9-4-8(3)5-11-10(9)13;1-7(2)13-10-9(6-12-13)4-8(3)5-11-10;1-8(2)12-7-5-9-4-3-6-11-10(9)12;/h5-7,10-11H,1-4H3;4-8,10-11H,1-3H3;2*4-7,9-10H,1-3H3;3-10H,1-2H3;1H4. The van der Waals surface area contributed by atoms with Crippen molar-refractivity contribution in [2.75, 3.05) is 0 Å². The summed E-state index contributed by atoms with van der Waals surface area (Å²) in [4.78, 5) is 33.9. The molecular weight excluding hydrogens is 819 g/mol. The quantitative estimate of drug-likeness (QED) is 0.273. The largest absolute Gasteiger partial charge is 0.353 e. The summed E-state index contributed by atoms with van der Waals surface area (Å²) in [6.45, 7) is 32.1. The van der Waals surface area contributed by atoms with Crippen LogP contribution in [-0.2, 0) is 0 Å². The third-order valence-electron chi connectivity index (χ3n) is 12.7. The van der Waals surface area contributed by atoms with E-state index in [4.69, 9.17) is 0 Å². The first-order valence-corrected chi connectivity index (χ1v) is 23.9. The van der Waals surface area contributed by atoms with Crippen LogP contribution in [0.2, 0.25) is 0 Å². The van der Waals surface area contributed by atoms with Crippen LogP contribution in [0.3, 0.4) is 0 Å². The van der Waals surface area contributed by atoms with E-state index in [0.717, 1.165) is 5.71 Å². The smallest absolute Gasteiger partial charge is 0.148 e. The molecule has 10 aliphatic heterocycles. The van der Waals surface area contributed by atoms with Gasteiger partial charge in [0.15, 0.2) is 0 Å². The second-order valence-electron chi connectivity index (χ2n) is 19.7. The van der Waals surface area contributed by atoms with Crippen molar-refractivity contribution in [3.05, 3.63) is 83.3 Å². The Labute approximate surface area is 398 Å². The predicted molar refractivity (Wildman–Crippen MR) is 283 cm³/mol. The molecule has 0 spiro atoms. The summed E-state index contributed by atoms with van der Waals surface area (Å²) in [7, 11) is 0. The van der Waals surface area contributed by atoms with Gasteiger partial charge < -0.3 is 14.7 Å². The van der Waals surface area contributed by atoms with Gasteiger partial charge in [0.2, 0.25) is 0 Å². The number of hydrazone groups is 2. The molecule has 10 unspecified atom stereocenters. The van der Waals surface area contributed by atoms with Crippen LogP contribution in [-0.4, -0.2) is 141 Å². The molecule has 10 atom stereocenters. The van der Waals surface area contributed by atoms with Crippen LogP contribution in [0.4, 0.5) is 0 Å². The molecule has 358 valence electrons. The number of fused-ring (bicyclic) bond motifs is 5. The minimum atomic E-state index is 0. The maximum atomic E-state index is 4.68. The summed E-state index contributed by atoms with van der Waals surface area (Å²) < 4.78 is 0.